The molecular weight excluding hydrogens is 342 g/mol. The first-order valence-corrected chi connectivity index (χ1v) is 6.26. The van der Waals surface area contributed by atoms with E-state index in [9.17, 15) is 17.6 Å². The van der Waals surface area contributed by atoms with Crippen LogP contribution in [0.4, 0.5) is 17.6 Å². The molecule has 2 rings (SSSR count). The average molecular weight is 350 g/mol. The summed E-state index contributed by atoms with van der Waals surface area (Å²) in [6, 6.07) is 7.36. The number of hydrogen-bond acceptors (Lipinski definition) is 2. The highest BCUT2D eigenvalue weighted by Gasteiger charge is 2.44. The van der Waals surface area contributed by atoms with Gasteiger partial charge in [-0.25, -0.2) is 9.37 Å². The predicted octanol–water partition coefficient (Wildman–Crippen LogP) is 4.67. The monoisotopic (exact) mass is 349 g/mol. The summed E-state index contributed by atoms with van der Waals surface area (Å²) < 4.78 is 58.0. The van der Waals surface area contributed by atoms with Crippen molar-refractivity contribution in [1.29, 1.82) is 0 Å². The standard InChI is InChI=1S/C13H8BrF4NO/c14-8-5-6-11(19-7-8)20-12(13(16,17)18)9-3-1-2-4-10(9)15/h1-7,12H. The van der Waals surface area contributed by atoms with Gasteiger partial charge in [0.1, 0.15) is 5.82 Å². The van der Waals surface area contributed by atoms with Crippen molar-refractivity contribution in [2.24, 2.45) is 0 Å². The molecule has 0 fully saturated rings. The molecule has 2 nitrogen and oxygen atoms in total. The highest BCUT2D eigenvalue weighted by molar-refractivity contribution is 9.10. The van der Waals surface area contributed by atoms with Crippen LogP contribution in [0.3, 0.4) is 0 Å². The van der Waals surface area contributed by atoms with E-state index in [0.29, 0.717) is 4.47 Å². The molecule has 0 spiro atoms. The summed E-state index contributed by atoms with van der Waals surface area (Å²) in [5, 5.41) is 0. The Morgan fingerprint density at radius 1 is 1.10 bits per heavy atom. The first-order valence-electron chi connectivity index (χ1n) is 5.47. The van der Waals surface area contributed by atoms with E-state index in [2.05, 4.69) is 20.9 Å². The van der Waals surface area contributed by atoms with Gasteiger partial charge in [0, 0.05) is 22.3 Å². The van der Waals surface area contributed by atoms with Crippen LogP contribution >= 0.6 is 15.9 Å². The number of pyridine rings is 1. The van der Waals surface area contributed by atoms with Gasteiger partial charge < -0.3 is 4.74 Å². The minimum atomic E-state index is -4.75. The normalized spacial score (nSPS) is 13.1. The fraction of sp³-hybridized carbons (Fsp3) is 0.154. The smallest absolute Gasteiger partial charge is 0.429 e. The molecule has 1 atom stereocenters. The van der Waals surface area contributed by atoms with Crippen LogP contribution in [-0.4, -0.2) is 11.2 Å². The summed E-state index contributed by atoms with van der Waals surface area (Å²) >= 11 is 3.11. The van der Waals surface area contributed by atoms with Crippen molar-refractivity contribution in [3.63, 3.8) is 0 Å². The maximum absolute atomic E-state index is 13.5. The van der Waals surface area contributed by atoms with Gasteiger partial charge in [-0.15, -0.1) is 0 Å². The van der Waals surface area contributed by atoms with Crippen LogP contribution in [0.5, 0.6) is 5.88 Å². The van der Waals surface area contributed by atoms with Crippen molar-refractivity contribution in [3.8, 4) is 5.88 Å². The zero-order chi connectivity index (χ0) is 14.8. The molecule has 7 heteroatoms. The van der Waals surface area contributed by atoms with Gasteiger partial charge in [0.05, 0.1) is 0 Å². The summed E-state index contributed by atoms with van der Waals surface area (Å²) in [5.74, 6) is -1.22. The Balaban J connectivity index is 2.34. The van der Waals surface area contributed by atoms with Crippen molar-refractivity contribution in [1.82, 2.24) is 4.98 Å². The number of halogens is 5. The third-order valence-corrected chi connectivity index (χ3v) is 2.89. The lowest BCUT2D eigenvalue weighted by atomic mass is 10.1. The molecule has 0 aliphatic carbocycles. The maximum Gasteiger partial charge on any atom is 0.429 e. The van der Waals surface area contributed by atoms with E-state index in [1.165, 1.54) is 30.5 Å². The maximum atomic E-state index is 13.5. The average Bonchev–Trinajstić information content (AvgIpc) is 2.38. The first kappa shape index (κ1) is 14.8. The van der Waals surface area contributed by atoms with Crippen LogP contribution in [-0.2, 0) is 0 Å². The molecule has 0 N–H and O–H groups in total. The highest BCUT2D eigenvalue weighted by atomic mass is 79.9. The van der Waals surface area contributed by atoms with Gasteiger partial charge in [-0.05, 0) is 28.1 Å². The Bertz CT molecular complexity index is 586. The number of nitrogens with zero attached hydrogens (tertiary/aromatic N) is 1. The molecule has 0 bridgehead atoms. The molecule has 20 heavy (non-hydrogen) atoms. The highest BCUT2D eigenvalue weighted by Crippen LogP contribution is 2.37. The SMILES string of the molecule is Fc1ccccc1C(Oc1ccc(Br)cn1)C(F)(F)F. The molecule has 1 aromatic heterocycles. The minimum absolute atomic E-state index is 0.237. The minimum Gasteiger partial charge on any atom is -0.460 e. The Labute approximate surface area is 120 Å². The van der Waals surface area contributed by atoms with Crippen LogP contribution in [0.25, 0.3) is 0 Å². The van der Waals surface area contributed by atoms with E-state index in [4.69, 9.17) is 4.74 Å². The van der Waals surface area contributed by atoms with Gasteiger partial charge in [0.2, 0.25) is 12.0 Å². The summed E-state index contributed by atoms with van der Waals surface area (Å²) in [5.41, 5.74) is -0.579. The fourth-order valence-electron chi connectivity index (χ4n) is 1.55. The third-order valence-electron chi connectivity index (χ3n) is 2.42. The van der Waals surface area contributed by atoms with Crippen LogP contribution in [0.1, 0.15) is 11.7 Å². The second-order valence-electron chi connectivity index (χ2n) is 3.88. The third kappa shape index (κ3) is 3.47. The van der Waals surface area contributed by atoms with Crippen LogP contribution in [0, 0.1) is 5.82 Å². The lowest BCUT2D eigenvalue weighted by Gasteiger charge is -2.21. The molecule has 1 unspecified atom stereocenters. The molecule has 0 amide bonds. The Morgan fingerprint density at radius 2 is 1.80 bits per heavy atom. The molecule has 0 aliphatic rings. The summed E-state index contributed by atoms with van der Waals surface area (Å²) in [4.78, 5) is 3.70. The van der Waals surface area contributed by atoms with Crippen LogP contribution in [0.2, 0.25) is 0 Å². The van der Waals surface area contributed by atoms with Crippen molar-refractivity contribution in [3.05, 3.63) is 58.4 Å². The largest absolute Gasteiger partial charge is 0.460 e. The van der Waals surface area contributed by atoms with Gasteiger partial charge in [-0.2, -0.15) is 13.2 Å². The van der Waals surface area contributed by atoms with E-state index in [-0.39, 0.29) is 5.88 Å². The number of ether oxygens (including phenoxy) is 1. The summed E-state index contributed by atoms with van der Waals surface area (Å²) in [6.45, 7) is 0. The summed E-state index contributed by atoms with van der Waals surface area (Å²) in [6.07, 6.45) is -5.86. The van der Waals surface area contributed by atoms with Crippen LogP contribution < -0.4 is 4.74 Å². The van der Waals surface area contributed by atoms with Crippen molar-refractivity contribution >= 4 is 15.9 Å². The van der Waals surface area contributed by atoms with Gasteiger partial charge in [-0.1, -0.05) is 18.2 Å². The van der Waals surface area contributed by atoms with E-state index >= 15 is 0 Å². The van der Waals surface area contributed by atoms with Gasteiger partial charge >= 0.3 is 6.18 Å². The topological polar surface area (TPSA) is 22.1 Å². The lowest BCUT2D eigenvalue weighted by Crippen LogP contribution is -2.27. The second-order valence-corrected chi connectivity index (χ2v) is 4.79. The molecular formula is C13H8BrF4NO. The summed E-state index contributed by atoms with van der Waals surface area (Å²) in [7, 11) is 0. The molecule has 2 aromatic rings. The van der Waals surface area contributed by atoms with Crippen molar-refractivity contribution in [2.45, 2.75) is 12.3 Å². The lowest BCUT2D eigenvalue weighted by molar-refractivity contribution is -0.199. The predicted molar refractivity (Wildman–Crippen MR) is 67.8 cm³/mol. The first-order chi connectivity index (χ1) is 9.38. The zero-order valence-electron chi connectivity index (χ0n) is 9.86. The number of rotatable bonds is 3. The Hall–Kier alpha value is -1.63. The van der Waals surface area contributed by atoms with E-state index in [1.807, 2.05) is 0 Å². The molecule has 1 aromatic carbocycles. The number of aromatic nitrogens is 1. The van der Waals surface area contributed by atoms with Gasteiger partial charge in [0.15, 0.2) is 0 Å². The molecule has 1 heterocycles. The fourth-order valence-corrected chi connectivity index (χ4v) is 1.78. The van der Waals surface area contributed by atoms with Crippen molar-refractivity contribution in [2.75, 3.05) is 0 Å². The number of benzene rings is 1. The van der Waals surface area contributed by atoms with E-state index < -0.39 is 23.7 Å². The molecule has 106 valence electrons. The number of alkyl halides is 3. The quantitative estimate of drug-likeness (QED) is 0.751. The van der Waals surface area contributed by atoms with Crippen LogP contribution in [0.15, 0.2) is 47.1 Å². The zero-order valence-corrected chi connectivity index (χ0v) is 11.5. The van der Waals surface area contributed by atoms with Gasteiger partial charge in [-0.3, -0.25) is 0 Å². The van der Waals surface area contributed by atoms with Gasteiger partial charge in [0.25, 0.3) is 0 Å². The molecule has 0 saturated heterocycles. The van der Waals surface area contributed by atoms with E-state index in [1.54, 1.807) is 0 Å². The van der Waals surface area contributed by atoms with Crippen molar-refractivity contribution < 1.29 is 22.3 Å². The molecule has 0 radical (unpaired) electrons. The molecule has 0 saturated carbocycles. The second kappa shape index (κ2) is 5.78. The Kier molecular flexibility index (Phi) is 4.27. The Morgan fingerprint density at radius 3 is 2.35 bits per heavy atom. The molecule has 0 aliphatic heterocycles. The van der Waals surface area contributed by atoms with E-state index in [0.717, 1.165) is 12.1 Å². The number of hydrogen-bond donors (Lipinski definition) is 0.